The monoisotopic (exact) mass is 283 g/mol. The Hall–Kier alpha value is -0.770. The van der Waals surface area contributed by atoms with Gasteiger partial charge in [0.25, 0.3) is 0 Å². The fraction of sp³-hybridized carbons (Fsp3) is 0.600. The van der Waals surface area contributed by atoms with Crippen molar-refractivity contribution in [3.05, 3.63) is 29.3 Å². The largest absolute Gasteiger partial charge is 0.492 e. The Bertz CT molecular complexity index is 380. The van der Waals surface area contributed by atoms with Crippen molar-refractivity contribution in [2.75, 3.05) is 26.9 Å². The third-order valence-electron chi connectivity index (χ3n) is 3.61. The first-order chi connectivity index (χ1) is 9.28. The zero-order valence-corrected chi connectivity index (χ0v) is 12.2. The SMILES string of the molecule is CNC(COc1cccc(Cl)c1)CC1CCOCC1. The molecular weight excluding hydrogens is 262 g/mol. The topological polar surface area (TPSA) is 30.5 Å². The Balaban J connectivity index is 1.78. The Morgan fingerprint density at radius 1 is 1.42 bits per heavy atom. The molecule has 1 unspecified atom stereocenters. The lowest BCUT2D eigenvalue weighted by atomic mass is 9.93. The van der Waals surface area contributed by atoms with Crippen molar-refractivity contribution >= 4 is 11.6 Å². The fourth-order valence-corrected chi connectivity index (χ4v) is 2.59. The van der Waals surface area contributed by atoms with E-state index >= 15 is 0 Å². The van der Waals surface area contributed by atoms with Crippen LogP contribution in [-0.4, -0.2) is 32.9 Å². The van der Waals surface area contributed by atoms with E-state index in [-0.39, 0.29) is 0 Å². The lowest BCUT2D eigenvalue weighted by Crippen LogP contribution is -2.35. The first-order valence-electron chi connectivity index (χ1n) is 6.91. The van der Waals surface area contributed by atoms with Crippen LogP contribution in [0.2, 0.25) is 5.02 Å². The molecule has 0 aliphatic carbocycles. The molecule has 19 heavy (non-hydrogen) atoms. The minimum Gasteiger partial charge on any atom is -0.492 e. The number of hydrogen-bond donors (Lipinski definition) is 1. The van der Waals surface area contributed by atoms with Gasteiger partial charge in [-0.3, -0.25) is 0 Å². The lowest BCUT2D eigenvalue weighted by Gasteiger charge is -2.26. The van der Waals surface area contributed by atoms with E-state index in [0.717, 1.165) is 44.1 Å². The van der Waals surface area contributed by atoms with Crippen LogP contribution in [0, 0.1) is 5.92 Å². The molecule has 0 spiro atoms. The summed E-state index contributed by atoms with van der Waals surface area (Å²) in [4.78, 5) is 0. The van der Waals surface area contributed by atoms with Gasteiger partial charge in [0.05, 0.1) is 0 Å². The second kappa shape index (κ2) is 7.73. The molecule has 0 aromatic heterocycles. The number of benzene rings is 1. The minimum atomic E-state index is 0.377. The highest BCUT2D eigenvalue weighted by Gasteiger charge is 2.18. The third kappa shape index (κ3) is 5.01. The van der Waals surface area contributed by atoms with Gasteiger partial charge in [0.15, 0.2) is 0 Å². The molecule has 1 aromatic carbocycles. The molecule has 1 aliphatic rings. The summed E-state index contributed by atoms with van der Waals surface area (Å²) in [7, 11) is 1.99. The molecule has 0 saturated carbocycles. The molecule has 2 rings (SSSR count). The summed E-state index contributed by atoms with van der Waals surface area (Å²) < 4.78 is 11.2. The van der Waals surface area contributed by atoms with Gasteiger partial charge < -0.3 is 14.8 Å². The number of nitrogens with one attached hydrogen (secondary N) is 1. The van der Waals surface area contributed by atoms with Crippen molar-refractivity contribution in [3.63, 3.8) is 0 Å². The first-order valence-corrected chi connectivity index (χ1v) is 7.29. The lowest BCUT2D eigenvalue weighted by molar-refractivity contribution is 0.0585. The maximum absolute atomic E-state index is 5.94. The molecule has 1 heterocycles. The van der Waals surface area contributed by atoms with E-state index < -0.39 is 0 Å². The smallest absolute Gasteiger partial charge is 0.120 e. The molecule has 1 aromatic rings. The molecule has 1 aliphatic heterocycles. The summed E-state index contributed by atoms with van der Waals surface area (Å²) in [6.45, 7) is 2.47. The molecular formula is C15H22ClNO2. The third-order valence-corrected chi connectivity index (χ3v) is 3.85. The summed E-state index contributed by atoms with van der Waals surface area (Å²) in [6, 6.07) is 7.92. The van der Waals surface area contributed by atoms with Crippen LogP contribution in [0.15, 0.2) is 24.3 Å². The van der Waals surface area contributed by atoms with Gasteiger partial charge in [-0.15, -0.1) is 0 Å². The van der Waals surface area contributed by atoms with Gasteiger partial charge in [0.1, 0.15) is 12.4 Å². The van der Waals surface area contributed by atoms with Crippen molar-refractivity contribution in [3.8, 4) is 5.75 Å². The van der Waals surface area contributed by atoms with Gasteiger partial charge in [0.2, 0.25) is 0 Å². The molecule has 4 heteroatoms. The van der Waals surface area contributed by atoms with E-state index in [1.165, 1.54) is 0 Å². The summed E-state index contributed by atoms with van der Waals surface area (Å²) in [5, 5.41) is 4.05. The van der Waals surface area contributed by atoms with Crippen LogP contribution < -0.4 is 10.1 Å². The molecule has 1 atom stereocenters. The Labute approximate surface area is 120 Å². The predicted octanol–water partition coefficient (Wildman–Crippen LogP) is 3.12. The summed E-state index contributed by atoms with van der Waals surface area (Å²) in [5.74, 6) is 1.58. The zero-order chi connectivity index (χ0) is 13.5. The molecule has 0 amide bonds. The van der Waals surface area contributed by atoms with Crippen LogP contribution in [0.3, 0.4) is 0 Å². The van der Waals surface area contributed by atoms with Gasteiger partial charge in [0, 0.05) is 24.3 Å². The van der Waals surface area contributed by atoms with Crippen LogP contribution in [0.5, 0.6) is 5.75 Å². The van der Waals surface area contributed by atoms with Crippen LogP contribution in [0.4, 0.5) is 0 Å². The summed E-state index contributed by atoms with van der Waals surface area (Å²) >= 11 is 5.94. The van der Waals surface area contributed by atoms with Gasteiger partial charge in [-0.05, 0) is 50.4 Å². The van der Waals surface area contributed by atoms with Gasteiger partial charge in [-0.2, -0.15) is 0 Å². The van der Waals surface area contributed by atoms with E-state index in [0.29, 0.717) is 17.7 Å². The van der Waals surface area contributed by atoms with E-state index in [1.807, 2.05) is 31.3 Å². The Morgan fingerprint density at radius 3 is 2.89 bits per heavy atom. The second-order valence-corrected chi connectivity index (χ2v) is 5.48. The Morgan fingerprint density at radius 2 is 2.21 bits per heavy atom. The average Bonchev–Trinajstić information content (AvgIpc) is 2.44. The number of likely N-dealkylation sites (N-methyl/N-ethyl adjacent to an activating group) is 1. The van der Waals surface area contributed by atoms with Crippen LogP contribution in [0.25, 0.3) is 0 Å². The predicted molar refractivity (Wildman–Crippen MR) is 78.0 cm³/mol. The minimum absolute atomic E-state index is 0.377. The summed E-state index contributed by atoms with van der Waals surface area (Å²) in [5.41, 5.74) is 0. The first kappa shape index (κ1) is 14.6. The normalized spacial score (nSPS) is 18.2. The van der Waals surface area contributed by atoms with Gasteiger partial charge in [-0.25, -0.2) is 0 Å². The zero-order valence-electron chi connectivity index (χ0n) is 11.4. The molecule has 1 N–H and O–H groups in total. The van der Waals surface area contributed by atoms with Crippen LogP contribution in [-0.2, 0) is 4.74 Å². The van der Waals surface area contributed by atoms with Crippen molar-refractivity contribution in [1.29, 1.82) is 0 Å². The average molecular weight is 284 g/mol. The quantitative estimate of drug-likeness (QED) is 0.870. The van der Waals surface area contributed by atoms with Crippen molar-refractivity contribution < 1.29 is 9.47 Å². The van der Waals surface area contributed by atoms with Crippen molar-refractivity contribution in [2.24, 2.45) is 5.92 Å². The van der Waals surface area contributed by atoms with Gasteiger partial charge >= 0.3 is 0 Å². The number of halogens is 1. The van der Waals surface area contributed by atoms with E-state index in [4.69, 9.17) is 21.1 Å². The number of rotatable bonds is 6. The van der Waals surface area contributed by atoms with Crippen molar-refractivity contribution in [2.45, 2.75) is 25.3 Å². The molecule has 0 radical (unpaired) electrons. The molecule has 3 nitrogen and oxygen atoms in total. The molecule has 1 saturated heterocycles. The van der Waals surface area contributed by atoms with Crippen LogP contribution >= 0.6 is 11.6 Å². The van der Waals surface area contributed by atoms with E-state index in [1.54, 1.807) is 0 Å². The second-order valence-electron chi connectivity index (χ2n) is 5.05. The molecule has 106 valence electrons. The maximum atomic E-state index is 5.94. The number of ether oxygens (including phenoxy) is 2. The highest BCUT2D eigenvalue weighted by molar-refractivity contribution is 6.30. The van der Waals surface area contributed by atoms with Gasteiger partial charge in [-0.1, -0.05) is 17.7 Å². The van der Waals surface area contributed by atoms with Crippen molar-refractivity contribution in [1.82, 2.24) is 5.32 Å². The highest BCUT2D eigenvalue weighted by atomic mass is 35.5. The summed E-state index contributed by atoms with van der Waals surface area (Å²) in [6.07, 6.45) is 3.46. The van der Waals surface area contributed by atoms with E-state index in [9.17, 15) is 0 Å². The molecule has 1 fully saturated rings. The highest BCUT2D eigenvalue weighted by Crippen LogP contribution is 2.21. The standard InChI is InChI=1S/C15H22ClNO2/c1-17-14(9-12-5-7-18-8-6-12)11-19-15-4-2-3-13(16)10-15/h2-4,10,12,14,17H,5-9,11H2,1H3. The Kier molecular flexibility index (Phi) is 5.95. The van der Waals surface area contributed by atoms with E-state index in [2.05, 4.69) is 5.32 Å². The maximum Gasteiger partial charge on any atom is 0.120 e. The fourth-order valence-electron chi connectivity index (χ4n) is 2.41. The number of hydrogen-bond acceptors (Lipinski definition) is 3. The van der Waals surface area contributed by atoms with Crippen LogP contribution in [0.1, 0.15) is 19.3 Å². The molecule has 0 bridgehead atoms.